The van der Waals surface area contributed by atoms with Gasteiger partial charge in [-0.2, -0.15) is 5.10 Å². The van der Waals surface area contributed by atoms with E-state index >= 15 is 0 Å². The first-order valence-electron chi connectivity index (χ1n) is 8.62. The fourth-order valence-corrected chi connectivity index (χ4v) is 2.73. The standard InChI is InChI=1S/C19H24N6O2/c1-6-25(13(2)26)15-9-7-8-14(10-15)17(27)11-18(24(4)5)22-19-16(20-3)12-21-23-19/h7-10,12,18H,6,11H2,1-2,4-5H3,(H2,21,22,23). The summed E-state index contributed by atoms with van der Waals surface area (Å²) in [6.45, 7) is 11.1. The van der Waals surface area contributed by atoms with E-state index in [9.17, 15) is 9.59 Å². The minimum atomic E-state index is -0.322. The molecule has 2 aromatic rings. The van der Waals surface area contributed by atoms with E-state index in [2.05, 4.69) is 20.4 Å². The van der Waals surface area contributed by atoms with Crippen molar-refractivity contribution in [3.05, 3.63) is 47.4 Å². The predicted octanol–water partition coefficient (Wildman–Crippen LogP) is 2.91. The number of carbonyl (C=O) groups is 2. The van der Waals surface area contributed by atoms with E-state index in [-0.39, 0.29) is 24.3 Å². The molecule has 1 aromatic carbocycles. The summed E-state index contributed by atoms with van der Waals surface area (Å²) in [5.41, 5.74) is 1.61. The third kappa shape index (κ3) is 4.92. The first-order chi connectivity index (χ1) is 12.9. The Morgan fingerprint density at radius 3 is 2.70 bits per heavy atom. The second-order valence-corrected chi connectivity index (χ2v) is 6.31. The van der Waals surface area contributed by atoms with Gasteiger partial charge in [-0.1, -0.05) is 12.1 Å². The number of rotatable bonds is 8. The van der Waals surface area contributed by atoms with Crippen molar-refractivity contribution in [2.75, 3.05) is 30.9 Å². The monoisotopic (exact) mass is 368 g/mol. The summed E-state index contributed by atoms with van der Waals surface area (Å²) in [6, 6.07) is 7.07. The van der Waals surface area contributed by atoms with Crippen LogP contribution in [0.25, 0.3) is 4.85 Å². The molecule has 1 amide bonds. The molecule has 0 saturated carbocycles. The Bertz CT molecular complexity index is 852. The second-order valence-electron chi connectivity index (χ2n) is 6.31. The number of carbonyl (C=O) groups excluding carboxylic acids is 2. The molecule has 0 aliphatic rings. The Labute approximate surface area is 159 Å². The molecule has 8 heteroatoms. The molecular formula is C19H24N6O2. The second kappa shape index (κ2) is 8.96. The fraction of sp³-hybridized carbons (Fsp3) is 0.368. The molecule has 8 nitrogen and oxygen atoms in total. The molecule has 1 atom stereocenters. The molecule has 142 valence electrons. The fourth-order valence-electron chi connectivity index (χ4n) is 2.73. The number of amides is 1. The molecule has 0 aliphatic carbocycles. The van der Waals surface area contributed by atoms with Gasteiger partial charge >= 0.3 is 0 Å². The first kappa shape index (κ1) is 20.1. The molecule has 0 fully saturated rings. The summed E-state index contributed by atoms with van der Waals surface area (Å²) in [5, 5.41) is 9.75. The highest BCUT2D eigenvalue weighted by atomic mass is 16.2. The normalized spacial score (nSPS) is 11.7. The van der Waals surface area contributed by atoms with Gasteiger partial charge in [-0.25, -0.2) is 4.85 Å². The van der Waals surface area contributed by atoms with Crippen LogP contribution in [0.3, 0.4) is 0 Å². The van der Waals surface area contributed by atoms with Crippen molar-refractivity contribution in [2.24, 2.45) is 0 Å². The molecule has 2 rings (SSSR count). The lowest BCUT2D eigenvalue weighted by atomic mass is 10.1. The zero-order valence-electron chi connectivity index (χ0n) is 16.0. The van der Waals surface area contributed by atoms with Gasteiger partial charge < -0.3 is 10.2 Å². The van der Waals surface area contributed by atoms with Crippen molar-refractivity contribution in [1.29, 1.82) is 0 Å². The van der Waals surface area contributed by atoms with E-state index in [1.54, 1.807) is 23.1 Å². The van der Waals surface area contributed by atoms with Crippen LogP contribution in [0, 0.1) is 6.57 Å². The molecule has 27 heavy (non-hydrogen) atoms. The zero-order valence-corrected chi connectivity index (χ0v) is 16.0. The summed E-state index contributed by atoms with van der Waals surface area (Å²) in [4.78, 5) is 31.4. The number of nitrogens with zero attached hydrogens (tertiary/aromatic N) is 4. The highest BCUT2D eigenvalue weighted by Gasteiger charge is 2.20. The number of anilines is 2. The number of nitrogens with one attached hydrogen (secondary N) is 2. The number of Topliss-reactive ketones (excluding diaryl/α,β-unsaturated/α-hetero) is 1. The topological polar surface area (TPSA) is 85.7 Å². The highest BCUT2D eigenvalue weighted by molar-refractivity contribution is 5.99. The van der Waals surface area contributed by atoms with Crippen molar-refractivity contribution in [2.45, 2.75) is 26.4 Å². The summed E-state index contributed by atoms with van der Waals surface area (Å²) in [7, 11) is 3.70. The van der Waals surface area contributed by atoms with E-state index < -0.39 is 0 Å². The minimum absolute atomic E-state index is 0.0634. The molecule has 0 bridgehead atoms. The highest BCUT2D eigenvalue weighted by Crippen LogP contribution is 2.23. The number of ketones is 1. The first-order valence-corrected chi connectivity index (χ1v) is 8.62. The van der Waals surface area contributed by atoms with Crippen LogP contribution < -0.4 is 10.2 Å². The van der Waals surface area contributed by atoms with E-state index in [1.165, 1.54) is 13.1 Å². The summed E-state index contributed by atoms with van der Waals surface area (Å²) in [6.07, 6.45) is 1.31. The summed E-state index contributed by atoms with van der Waals surface area (Å²) in [5.74, 6) is 0.353. The Hall–Kier alpha value is -3.18. The third-order valence-electron chi connectivity index (χ3n) is 4.23. The predicted molar refractivity (Wildman–Crippen MR) is 105 cm³/mol. The van der Waals surface area contributed by atoms with Crippen LogP contribution in [-0.4, -0.2) is 53.6 Å². The van der Waals surface area contributed by atoms with E-state index in [0.717, 1.165) is 0 Å². The Morgan fingerprint density at radius 1 is 1.37 bits per heavy atom. The molecule has 0 spiro atoms. The molecule has 2 N–H and O–H groups in total. The number of hydrogen-bond acceptors (Lipinski definition) is 5. The number of benzene rings is 1. The Morgan fingerprint density at radius 2 is 2.11 bits per heavy atom. The lowest BCUT2D eigenvalue weighted by molar-refractivity contribution is -0.116. The number of aromatic nitrogens is 2. The molecule has 0 saturated heterocycles. The summed E-state index contributed by atoms with van der Waals surface area (Å²) >= 11 is 0. The molecule has 1 aromatic heterocycles. The van der Waals surface area contributed by atoms with Gasteiger partial charge in [-0.05, 0) is 33.2 Å². The van der Waals surface area contributed by atoms with Gasteiger partial charge in [0.15, 0.2) is 5.78 Å². The van der Waals surface area contributed by atoms with Crippen LogP contribution in [-0.2, 0) is 4.79 Å². The van der Waals surface area contributed by atoms with Gasteiger partial charge in [0, 0.05) is 31.1 Å². The van der Waals surface area contributed by atoms with E-state index in [0.29, 0.717) is 29.3 Å². The van der Waals surface area contributed by atoms with Gasteiger partial charge in [0.2, 0.25) is 11.6 Å². The van der Waals surface area contributed by atoms with Crippen molar-refractivity contribution in [3.63, 3.8) is 0 Å². The average molecular weight is 368 g/mol. The molecular weight excluding hydrogens is 344 g/mol. The van der Waals surface area contributed by atoms with Crippen molar-refractivity contribution < 1.29 is 9.59 Å². The van der Waals surface area contributed by atoms with Gasteiger partial charge in [0.05, 0.1) is 18.9 Å². The SMILES string of the molecule is [C-]#[N+]c1cn[nH]c1NC(CC(=O)c1cccc(N(CC)C(C)=O)c1)N(C)C. The van der Waals surface area contributed by atoms with Gasteiger partial charge in [-0.15, -0.1) is 0 Å². The van der Waals surface area contributed by atoms with Gasteiger partial charge in [0.25, 0.3) is 0 Å². The minimum Gasteiger partial charge on any atom is -0.363 e. The molecule has 1 unspecified atom stereocenters. The number of H-pyrrole nitrogens is 1. The number of hydrogen-bond donors (Lipinski definition) is 2. The quantitative estimate of drug-likeness (QED) is 0.425. The van der Waals surface area contributed by atoms with Crippen LogP contribution in [0.15, 0.2) is 30.5 Å². The zero-order chi connectivity index (χ0) is 20.0. The van der Waals surface area contributed by atoms with Crippen molar-refractivity contribution in [1.82, 2.24) is 15.1 Å². The smallest absolute Gasteiger partial charge is 0.247 e. The Kier molecular flexibility index (Phi) is 6.68. The van der Waals surface area contributed by atoms with Crippen molar-refractivity contribution in [3.8, 4) is 0 Å². The molecule has 0 aliphatic heterocycles. The third-order valence-corrected chi connectivity index (χ3v) is 4.23. The van der Waals surface area contributed by atoms with E-state index in [4.69, 9.17) is 6.57 Å². The van der Waals surface area contributed by atoms with Gasteiger partial charge in [-0.3, -0.25) is 19.6 Å². The maximum atomic E-state index is 12.8. The average Bonchev–Trinajstić information content (AvgIpc) is 3.08. The molecule has 1 heterocycles. The Balaban J connectivity index is 2.18. The maximum absolute atomic E-state index is 12.8. The van der Waals surface area contributed by atoms with Crippen molar-refractivity contribution >= 4 is 28.9 Å². The van der Waals surface area contributed by atoms with Crippen LogP contribution in [0.2, 0.25) is 0 Å². The van der Waals surface area contributed by atoms with E-state index in [1.807, 2.05) is 32.0 Å². The number of aromatic amines is 1. The lowest BCUT2D eigenvalue weighted by Crippen LogP contribution is -2.37. The van der Waals surface area contributed by atoms with Crippen LogP contribution >= 0.6 is 0 Å². The van der Waals surface area contributed by atoms with Crippen LogP contribution in [0.1, 0.15) is 30.6 Å². The van der Waals surface area contributed by atoms with Crippen LogP contribution in [0.4, 0.5) is 17.2 Å². The maximum Gasteiger partial charge on any atom is 0.247 e. The lowest BCUT2D eigenvalue weighted by Gasteiger charge is -2.25. The van der Waals surface area contributed by atoms with Crippen LogP contribution in [0.5, 0.6) is 0 Å². The van der Waals surface area contributed by atoms with Gasteiger partial charge in [0.1, 0.15) is 5.82 Å². The largest absolute Gasteiger partial charge is 0.363 e. The molecule has 0 radical (unpaired) electrons. The summed E-state index contributed by atoms with van der Waals surface area (Å²) < 4.78 is 0.